The number of amides is 1. The molecule has 0 saturated carbocycles. The first-order valence-corrected chi connectivity index (χ1v) is 8.20. The Kier molecular flexibility index (Phi) is 5.36. The van der Waals surface area contributed by atoms with Crippen molar-refractivity contribution in [2.45, 2.75) is 13.1 Å². The molecule has 128 valence electrons. The molecule has 1 amide bonds. The van der Waals surface area contributed by atoms with Crippen LogP contribution in [0.5, 0.6) is 5.75 Å². The Labute approximate surface area is 151 Å². The zero-order valence-electron chi connectivity index (χ0n) is 13.8. The molecule has 0 aliphatic carbocycles. The van der Waals surface area contributed by atoms with Crippen molar-refractivity contribution in [3.8, 4) is 5.75 Å². The van der Waals surface area contributed by atoms with Crippen LogP contribution >= 0.6 is 11.6 Å². The maximum absolute atomic E-state index is 12.2. The van der Waals surface area contributed by atoms with Gasteiger partial charge in [-0.3, -0.25) is 9.48 Å². The second kappa shape index (κ2) is 7.85. The van der Waals surface area contributed by atoms with E-state index in [9.17, 15) is 4.79 Å². The number of methoxy groups -OCH3 is 1. The molecule has 3 aromatic rings. The summed E-state index contributed by atoms with van der Waals surface area (Å²) in [4.78, 5) is 12.2. The van der Waals surface area contributed by atoms with Crippen molar-refractivity contribution in [2.24, 2.45) is 0 Å². The van der Waals surface area contributed by atoms with Crippen molar-refractivity contribution in [1.29, 1.82) is 0 Å². The minimum absolute atomic E-state index is 0.107. The summed E-state index contributed by atoms with van der Waals surface area (Å²) in [5, 5.41) is 7.66. The van der Waals surface area contributed by atoms with E-state index in [0.29, 0.717) is 23.7 Å². The number of benzene rings is 2. The lowest BCUT2D eigenvalue weighted by Gasteiger charge is -2.07. The maximum Gasteiger partial charge on any atom is 0.251 e. The summed E-state index contributed by atoms with van der Waals surface area (Å²) < 4.78 is 6.87. The number of carbonyl (C=O) groups excluding carboxylic acids is 1. The summed E-state index contributed by atoms with van der Waals surface area (Å²) in [7, 11) is 1.63. The summed E-state index contributed by atoms with van der Waals surface area (Å²) in [6.45, 7) is 1.08. The van der Waals surface area contributed by atoms with E-state index in [1.165, 1.54) is 0 Å². The van der Waals surface area contributed by atoms with Gasteiger partial charge in [0.05, 0.1) is 24.9 Å². The lowest BCUT2D eigenvalue weighted by molar-refractivity contribution is 0.0951. The Morgan fingerprint density at radius 1 is 1.12 bits per heavy atom. The van der Waals surface area contributed by atoms with Gasteiger partial charge in [0.1, 0.15) is 5.75 Å². The van der Waals surface area contributed by atoms with Gasteiger partial charge in [0.2, 0.25) is 0 Å². The van der Waals surface area contributed by atoms with Crippen LogP contribution in [0.15, 0.2) is 60.9 Å². The summed E-state index contributed by atoms with van der Waals surface area (Å²) in [5.41, 5.74) is 2.68. The van der Waals surface area contributed by atoms with E-state index in [4.69, 9.17) is 16.3 Å². The van der Waals surface area contributed by atoms with Crippen LogP contribution in [-0.2, 0) is 13.1 Å². The lowest BCUT2D eigenvalue weighted by atomic mass is 10.1. The average molecular weight is 356 g/mol. The van der Waals surface area contributed by atoms with Crippen LogP contribution in [0.4, 0.5) is 0 Å². The lowest BCUT2D eigenvalue weighted by Crippen LogP contribution is -2.22. The monoisotopic (exact) mass is 355 g/mol. The van der Waals surface area contributed by atoms with E-state index in [1.54, 1.807) is 24.2 Å². The molecule has 0 aliphatic rings. The van der Waals surface area contributed by atoms with Crippen LogP contribution < -0.4 is 10.1 Å². The van der Waals surface area contributed by atoms with Crippen LogP contribution in [-0.4, -0.2) is 22.8 Å². The third kappa shape index (κ3) is 4.61. The molecule has 0 spiro atoms. The number of hydrogen-bond donors (Lipinski definition) is 1. The average Bonchev–Trinajstić information content (AvgIpc) is 3.05. The molecule has 1 heterocycles. The summed E-state index contributed by atoms with van der Waals surface area (Å²) in [5.74, 6) is 0.689. The zero-order valence-corrected chi connectivity index (χ0v) is 14.5. The van der Waals surface area contributed by atoms with Crippen molar-refractivity contribution in [3.63, 3.8) is 0 Å². The van der Waals surface area contributed by atoms with E-state index in [2.05, 4.69) is 10.4 Å². The largest absolute Gasteiger partial charge is 0.497 e. The van der Waals surface area contributed by atoms with Crippen LogP contribution in [0.25, 0.3) is 0 Å². The maximum atomic E-state index is 12.2. The van der Waals surface area contributed by atoms with Gasteiger partial charge in [0, 0.05) is 18.3 Å². The first-order valence-electron chi connectivity index (χ1n) is 7.82. The molecule has 0 radical (unpaired) electrons. The van der Waals surface area contributed by atoms with E-state index in [1.807, 2.05) is 48.5 Å². The molecule has 1 N–H and O–H groups in total. The van der Waals surface area contributed by atoms with Gasteiger partial charge in [-0.2, -0.15) is 5.10 Å². The van der Waals surface area contributed by atoms with E-state index >= 15 is 0 Å². The van der Waals surface area contributed by atoms with Crippen molar-refractivity contribution in [3.05, 3.63) is 82.6 Å². The number of halogens is 1. The molecule has 5 nitrogen and oxygen atoms in total. The highest BCUT2D eigenvalue weighted by molar-refractivity contribution is 6.30. The fraction of sp³-hybridized carbons (Fsp3) is 0.158. The smallest absolute Gasteiger partial charge is 0.251 e. The molecule has 0 atom stereocenters. The fourth-order valence-electron chi connectivity index (χ4n) is 2.40. The minimum Gasteiger partial charge on any atom is -0.497 e. The second-order valence-corrected chi connectivity index (χ2v) is 6.02. The first-order chi connectivity index (χ1) is 12.1. The molecule has 0 saturated heterocycles. The van der Waals surface area contributed by atoms with Gasteiger partial charge in [-0.05, 0) is 35.4 Å². The third-order valence-electron chi connectivity index (χ3n) is 3.77. The van der Waals surface area contributed by atoms with Crippen molar-refractivity contribution in [2.75, 3.05) is 7.11 Å². The highest BCUT2D eigenvalue weighted by Crippen LogP contribution is 2.12. The number of aromatic nitrogens is 2. The first kappa shape index (κ1) is 17.0. The van der Waals surface area contributed by atoms with Crippen LogP contribution in [0.2, 0.25) is 5.02 Å². The number of nitrogens with one attached hydrogen (secondary N) is 1. The Hall–Kier alpha value is -2.79. The Morgan fingerprint density at radius 2 is 1.80 bits per heavy atom. The fourth-order valence-corrected chi connectivity index (χ4v) is 2.56. The highest BCUT2D eigenvalue weighted by Gasteiger charge is 2.06. The topological polar surface area (TPSA) is 56.1 Å². The molecular formula is C19H18ClN3O2. The molecule has 25 heavy (non-hydrogen) atoms. The van der Waals surface area contributed by atoms with Crippen LogP contribution in [0, 0.1) is 0 Å². The van der Waals surface area contributed by atoms with E-state index < -0.39 is 0 Å². The molecular weight excluding hydrogens is 338 g/mol. The molecule has 0 aliphatic heterocycles. The molecule has 0 fully saturated rings. The molecule has 2 aromatic carbocycles. The molecule has 3 rings (SSSR count). The van der Waals surface area contributed by atoms with Gasteiger partial charge in [0.25, 0.3) is 5.91 Å². The number of ether oxygens (including phenoxy) is 1. The van der Waals surface area contributed by atoms with Gasteiger partial charge < -0.3 is 10.1 Å². The van der Waals surface area contributed by atoms with Gasteiger partial charge in [-0.25, -0.2) is 0 Å². The van der Waals surface area contributed by atoms with Gasteiger partial charge in [-0.15, -0.1) is 0 Å². The number of hydrogen-bond acceptors (Lipinski definition) is 3. The third-order valence-corrected chi connectivity index (χ3v) is 3.97. The van der Waals surface area contributed by atoms with Crippen molar-refractivity contribution in [1.82, 2.24) is 15.1 Å². The van der Waals surface area contributed by atoms with Gasteiger partial charge >= 0.3 is 0 Å². The standard InChI is InChI=1S/C19H18ClN3O2/c1-25-18-8-4-14(5-9-18)10-21-19(24)16-6-2-15(3-7-16)12-23-13-17(20)11-22-23/h2-9,11,13H,10,12H2,1H3,(H,21,24). The zero-order chi connectivity index (χ0) is 17.6. The molecule has 1 aromatic heterocycles. The highest BCUT2D eigenvalue weighted by atomic mass is 35.5. The molecule has 0 unspecified atom stereocenters. The van der Waals surface area contributed by atoms with Crippen LogP contribution in [0.1, 0.15) is 21.5 Å². The van der Waals surface area contributed by atoms with Gasteiger partial charge in [0.15, 0.2) is 0 Å². The van der Waals surface area contributed by atoms with Crippen LogP contribution in [0.3, 0.4) is 0 Å². The Balaban J connectivity index is 1.56. The SMILES string of the molecule is COc1ccc(CNC(=O)c2ccc(Cn3cc(Cl)cn3)cc2)cc1. The van der Waals surface area contributed by atoms with Crippen molar-refractivity contribution < 1.29 is 9.53 Å². The van der Waals surface area contributed by atoms with Crippen molar-refractivity contribution >= 4 is 17.5 Å². The predicted molar refractivity (Wildman–Crippen MR) is 96.9 cm³/mol. The second-order valence-electron chi connectivity index (χ2n) is 5.58. The molecule has 0 bridgehead atoms. The predicted octanol–water partition coefficient (Wildman–Crippen LogP) is 3.52. The normalized spacial score (nSPS) is 10.5. The number of carbonyl (C=O) groups is 1. The summed E-state index contributed by atoms with van der Waals surface area (Å²) in [6, 6.07) is 15.0. The number of nitrogens with zero attached hydrogens (tertiary/aromatic N) is 2. The Bertz CT molecular complexity index is 842. The molecule has 6 heteroatoms. The van der Waals surface area contributed by atoms with E-state index in [-0.39, 0.29) is 5.91 Å². The summed E-state index contributed by atoms with van der Waals surface area (Å²) in [6.07, 6.45) is 3.36. The van der Waals surface area contributed by atoms with Gasteiger partial charge in [-0.1, -0.05) is 35.9 Å². The minimum atomic E-state index is -0.107. The quantitative estimate of drug-likeness (QED) is 0.736. The van der Waals surface area contributed by atoms with E-state index in [0.717, 1.165) is 16.9 Å². The summed E-state index contributed by atoms with van der Waals surface area (Å²) >= 11 is 5.85. The number of rotatable bonds is 6. The Morgan fingerprint density at radius 3 is 2.40 bits per heavy atom.